The summed E-state index contributed by atoms with van der Waals surface area (Å²) in [5.41, 5.74) is -1.03. The number of alkyl halides is 3. The van der Waals surface area contributed by atoms with Gasteiger partial charge < -0.3 is 4.57 Å². The fraction of sp³-hybridized carbons (Fsp3) is 0.500. The Bertz CT molecular complexity index is 485. The van der Waals surface area contributed by atoms with Gasteiger partial charge in [-0.25, -0.2) is 4.98 Å². The lowest BCUT2D eigenvalue weighted by molar-refractivity contribution is -0.141. The van der Waals surface area contributed by atoms with Crippen molar-refractivity contribution >= 4 is 11.9 Å². The lowest BCUT2D eigenvalue weighted by Crippen LogP contribution is -2.14. The number of amides is 1. The Kier molecular flexibility index (Phi) is 4.98. The highest BCUT2D eigenvalue weighted by atomic mass is 19.4. The van der Waals surface area contributed by atoms with Gasteiger partial charge in [0.1, 0.15) is 0 Å². The monoisotopic (exact) mass is 273 g/mol. The van der Waals surface area contributed by atoms with Crippen LogP contribution in [0.4, 0.5) is 19.1 Å². The molecule has 1 N–H and O–H groups in total. The van der Waals surface area contributed by atoms with Crippen LogP contribution in [0.15, 0.2) is 6.20 Å². The zero-order valence-corrected chi connectivity index (χ0v) is 10.4. The number of halogens is 3. The molecule has 0 atom stereocenters. The molecule has 4 nitrogen and oxygen atoms in total. The zero-order valence-electron chi connectivity index (χ0n) is 10.4. The first-order valence-corrected chi connectivity index (χ1v) is 5.68. The van der Waals surface area contributed by atoms with Gasteiger partial charge in [0.05, 0.1) is 0 Å². The second-order valence-corrected chi connectivity index (χ2v) is 4.02. The smallest absolute Gasteiger partial charge is 0.320 e. The van der Waals surface area contributed by atoms with Gasteiger partial charge in [0.2, 0.25) is 11.9 Å². The molecule has 0 saturated heterocycles. The quantitative estimate of drug-likeness (QED) is 0.662. The third kappa shape index (κ3) is 4.66. The predicted octanol–water partition coefficient (Wildman–Crippen LogP) is 2.57. The van der Waals surface area contributed by atoms with Gasteiger partial charge in [-0.2, -0.15) is 13.2 Å². The number of rotatable bonds is 5. The summed E-state index contributed by atoms with van der Waals surface area (Å²) in [4.78, 5) is 14.8. The van der Waals surface area contributed by atoms with Crippen molar-refractivity contribution in [2.45, 2.75) is 31.9 Å². The Morgan fingerprint density at radius 2 is 2.21 bits per heavy atom. The molecule has 0 aliphatic rings. The molecular weight excluding hydrogens is 259 g/mol. The topological polar surface area (TPSA) is 46.9 Å². The van der Waals surface area contributed by atoms with Crippen LogP contribution in [0.3, 0.4) is 0 Å². The van der Waals surface area contributed by atoms with Crippen molar-refractivity contribution < 1.29 is 18.0 Å². The zero-order chi connectivity index (χ0) is 14.5. The van der Waals surface area contributed by atoms with Gasteiger partial charge in [0.15, 0.2) is 5.69 Å². The molecule has 0 fully saturated rings. The van der Waals surface area contributed by atoms with E-state index in [2.05, 4.69) is 16.2 Å². The van der Waals surface area contributed by atoms with E-state index in [1.807, 2.05) is 0 Å². The average molecular weight is 273 g/mol. The summed E-state index contributed by atoms with van der Waals surface area (Å²) < 4.78 is 38.3. The molecule has 104 valence electrons. The first-order chi connectivity index (χ1) is 8.84. The molecule has 0 unspecified atom stereocenters. The number of imidazole rings is 1. The van der Waals surface area contributed by atoms with Crippen LogP contribution in [0.25, 0.3) is 0 Å². The highest BCUT2D eigenvalue weighted by Gasteiger charge is 2.34. The molecule has 0 aliphatic carbocycles. The molecule has 7 heteroatoms. The van der Waals surface area contributed by atoms with Gasteiger partial charge in [-0.05, 0) is 12.8 Å². The minimum Gasteiger partial charge on any atom is -0.320 e. The van der Waals surface area contributed by atoms with E-state index >= 15 is 0 Å². The molecule has 19 heavy (non-hydrogen) atoms. The highest BCUT2D eigenvalue weighted by molar-refractivity contribution is 5.89. The van der Waals surface area contributed by atoms with Crippen LogP contribution in [-0.2, 0) is 18.0 Å². The van der Waals surface area contributed by atoms with E-state index in [1.165, 1.54) is 7.05 Å². The number of carbonyl (C=O) groups excluding carboxylic acids is 1. The first kappa shape index (κ1) is 15.1. The normalized spacial score (nSPS) is 11.1. The van der Waals surface area contributed by atoms with Crippen LogP contribution in [0.5, 0.6) is 0 Å². The summed E-state index contributed by atoms with van der Waals surface area (Å²) in [7, 11) is 1.39. The Morgan fingerprint density at radius 1 is 1.53 bits per heavy atom. The Hall–Kier alpha value is -1.97. The first-order valence-electron chi connectivity index (χ1n) is 5.68. The van der Waals surface area contributed by atoms with Crippen LogP contribution < -0.4 is 5.32 Å². The molecule has 1 amide bonds. The number of carbonyl (C=O) groups is 1. The summed E-state index contributed by atoms with van der Waals surface area (Å²) in [6.45, 7) is 0. The maximum absolute atomic E-state index is 12.4. The predicted molar refractivity (Wildman–Crippen MR) is 64.1 cm³/mol. The third-order valence-electron chi connectivity index (χ3n) is 2.39. The van der Waals surface area contributed by atoms with Crippen LogP contribution in [0.1, 0.15) is 31.4 Å². The van der Waals surface area contributed by atoms with E-state index in [1.54, 1.807) is 0 Å². The van der Waals surface area contributed by atoms with E-state index in [-0.39, 0.29) is 18.3 Å². The van der Waals surface area contributed by atoms with Crippen molar-refractivity contribution in [2.24, 2.45) is 7.05 Å². The molecule has 1 aromatic heterocycles. The number of aromatic nitrogens is 2. The SMILES string of the molecule is C#CCCCCC(=O)Nc1nc(C(F)(F)F)cn1C. The van der Waals surface area contributed by atoms with E-state index in [4.69, 9.17) is 6.42 Å². The number of nitrogens with zero attached hydrogens (tertiary/aromatic N) is 2. The number of unbranched alkanes of at least 4 members (excludes halogenated alkanes) is 2. The van der Waals surface area contributed by atoms with E-state index in [0.29, 0.717) is 19.3 Å². The van der Waals surface area contributed by atoms with Crippen molar-refractivity contribution in [2.75, 3.05) is 5.32 Å². The van der Waals surface area contributed by atoms with Crippen LogP contribution in [-0.4, -0.2) is 15.5 Å². The molecule has 0 aliphatic heterocycles. The van der Waals surface area contributed by atoms with E-state index < -0.39 is 11.9 Å². The molecule has 0 aromatic carbocycles. The van der Waals surface area contributed by atoms with Crippen molar-refractivity contribution in [3.63, 3.8) is 0 Å². The number of nitrogens with one attached hydrogen (secondary N) is 1. The molecule has 0 bridgehead atoms. The Labute approximate surface area is 109 Å². The molecule has 1 aromatic rings. The molecule has 0 saturated carbocycles. The summed E-state index contributed by atoms with van der Waals surface area (Å²) >= 11 is 0. The maximum Gasteiger partial charge on any atom is 0.434 e. The second kappa shape index (κ2) is 6.27. The second-order valence-electron chi connectivity index (χ2n) is 4.02. The van der Waals surface area contributed by atoms with Crippen molar-refractivity contribution in [1.82, 2.24) is 9.55 Å². The number of anilines is 1. The average Bonchev–Trinajstić information content (AvgIpc) is 2.66. The summed E-state index contributed by atoms with van der Waals surface area (Å²) in [6, 6.07) is 0. The minimum absolute atomic E-state index is 0.116. The molecule has 1 rings (SSSR count). The fourth-order valence-corrected chi connectivity index (χ4v) is 1.42. The van der Waals surface area contributed by atoms with Crippen molar-refractivity contribution in [1.29, 1.82) is 0 Å². The fourth-order valence-electron chi connectivity index (χ4n) is 1.42. The lowest BCUT2D eigenvalue weighted by atomic mass is 10.2. The lowest BCUT2D eigenvalue weighted by Gasteiger charge is -2.03. The molecule has 0 spiro atoms. The largest absolute Gasteiger partial charge is 0.434 e. The van der Waals surface area contributed by atoms with Gasteiger partial charge in [-0.15, -0.1) is 12.3 Å². The maximum atomic E-state index is 12.4. The van der Waals surface area contributed by atoms with Gasteiger partial charge >= 0.3 is 6.18 Å². The standard InChI is InChI=1S/C12H14F3N3O/c1-3-4-5-6-7-10(19)17-11-16-9(8-18(11)2)12(13,14)15/h1,8H,4-7H2,2H3,(H,16,17,19). The number of terminal acetylenes is 1. The van der Waals surface area contributed by atoms with Gasteiger partial charge in [-0.1, -0.05) is 0 Å². The van der Waals surface area contributed by atoms with Crippen molar-refractivity contribution in [3.05, 3.63) is 11.9 Å². The summed E-state index contributed by atoms with van der Waals surface area (Å²) in [5, 5.41) is 2.34. The van der Waals surface area contributed by atoms with E-state index in [0.717, 1.165) is 10.8 Å². The van der Waals surface area contributed by atoms with Crippen molar-refractivity contribution in [3.8, 4) is 12.3 Å². The third-order valence-corrected chi connectivity index (χ3v) is 2.39. The molecule has 0 radical (unpaired) electrons. The minimum atomic E-state index is -4.52. The van der Waals surface area contributed by atoms with Gasteiger partial charge in [0, 0.05) is 26.1 Å². The van der Waals surface area contributed by atoms with Crippen LogP contribution in [0.2, 0.25) is 0 Å². The van der Waals surface area contributed by atoms with Gasteiger partial charge in [0.25, 0.3) is 0 Å². The Morgan fingerprint density at radius 3 is 2.74 bits per heavy atom. The summed E-state index contributed by atoms with van der Waals surface area (Å²) in [5.74, 6) is 1.96. The summed E-state index contributed by atoms with van der Waals surface area (Å²) in [6.07, 6.45) is 3.45. The van der Waals surface area contributed by atoms with E-state index in [9.17, 15) is 18.0 Å². The highest BCUT2D eigenvalue weighted by Crippen LogP contribution is 2.29. The van der Waals surface area contributed by atoms with Gasteiger partial charge in [-0.3, -0.25) is 10.1 Å². The number of hydrogen-bond acceptors (Lipinski definition) is 2. The molecular formula is C12H14F3N3O. The van der Waals surface area contributed by atoms with Crippen LogP contribution >= 0.6 is 0 Å². The van der Waals surface area contributed by atoms with Crippen LogP contribution in [0, 0.1) is 12.3 Å². The molecule has 1 heterocycles. The Balaban J connectivity index is 2.56. The number of hydrogen-bond donors (Lipinski definition) is 1. The number of aryl methyl sites for hydroxylation is 1.